The molecule has 4 rings (SSSR count). The second-order valence-corrected chi connectivity index (χ2v) is 9.03. The molecule has 0 saturated heterocycles. The Morgan fingerprint density at radius 1 is 1.21 bits per heavy atom. The van der Waals surface area contributed by atoms with Crippen LogP contribution in [0.2, 0.25) is 0 Å². The molecule has 3 heterocycles. The summed E-state index contributed by atoms with van der Waals surface area (Å²) in [5.74, 6) is -1.13. The number of nitrogens with one attached hydrogen (secondary N) is 1. The first kappa shape index (κ1) is 19.6. The van der Waals surface area contributed by atoms with Crippen molar-refractivity contribution in [2.45, 2.75) is 18.0 Å². The fourth-order valence-electron chi connectivity index (χ4n) is 3.04. The van der Waals surface area contributed by atoms with Crippen LogP contribution in [0.3, 0.4) is 0 Å². The molecule has 3 aromatic rings. The molecule has 29 heavy (non-hydrogen) atoms. The number of thioether (sulfide) groups is 1. The number of pyridine rings is 1. The molecular formula is C19H16F2N4O2S2. The smallest absolute Gasteiger partial charge is 0.269 e. The lowest BCUT2D eigenvalue weighted by molar-refractivity contribution is 0.586. The summed E-state index contributed by atoms with van der Waals surface area (Å²) >= 11 is 1.12. The van der Waals surface area contributed by atoms with Crippen LogP contribution in [0.4, 0.5) is 8.78 Å². The van der Waals surface area contributed by atoms with Gasteiger partial charge in [-0.05, 0) is 31.4 Å². The Kier molecular flexibility index (Phi) is 4.91. The fraction of sp³-hybridized carbons (Fsp3) is 0.158. The van der Waals surface area contributed by atoms with Crippen LogP contribution >= 0.6 is 11.8 Å². The lowest BCUT2D eigenvalue weighted by Gasteiger charge is -2.18. The molecule has 1 aliphatic rings. The molecule has 6 nitrogen and oxygen atoms in total. The molecule has 1 unspecified atom stereocenters. The van der Waals surface area contributed by atoms with Crippen LogP contribution in [-0.2, 0) is 10.0 Å². The molecule has 0 fully saturated rings. The maximum absolute atomic E-state index is 13.9. The summed E-state index contributed by atoms with van der Waals surface area (Å²) in [6.45, 7) is 1.85. The van der Waals surface area contributed by atoms with Crippen molar-refractivity contribution in [1.82, 2.24) is 14.3 Å². The van der Waals surface area contributed by atoms with Gasteiger partial charge in [0.05, 0.1) is 11.1 Å². The number of aliphatic imine (C=N–C) groups is 1. The topological polar surface area (TPSA) is 76.3 Å². The van der Waals surface area contributed by atoms with Crippen LogP contribution in [0.1, 0.15) is 17.3 Å². The summed E-state index contributed by atoms with van der Waals surface area (Å²) in [4.78, 5) is 8.35. The number of fused-ring (bicyclic) bond motifs is 1. The Morgan fingerprint density at radius 3 is 2.62 bits per heavy atom. The zero-order valence-corrected chi connectivity index (χ0v) is 17.1. The normalized spacial score (nSPS) is 17.0. The molecule has 1 atom stereocenters. The highest BCUT2D eigenvalue weighted by Crippen LogP contribution is 2.32. The van der Waals surface area contributed by atoms with Gasteiger partial charge in [0.25, 0.3) is 10.0 Å². The molecule has 0 amide bonds. The van der Waals surface area contributed by atoms with E-state index in [1.165, 1.54) is 24.4 Å². The minimum absolute atomic E-state index is 0.0692. The monoisotopic (exact) mass is 434 g/mol. The third kappa shape index (κ3) is 3.42. The highest BCUT2D eigenvalue weighted by molar-refractivity contribution is 8.13. The summed E-state index contributed by atoms with van der Waals surface area (Å²) in [7, 11) is -3.98. The standard InChI is InChI=1S/C19H16F2N4O2S2/c1-11-3-5-13(6-4-11)29(26,27)25-10-15(14-7-12(20)8-23-18(14)25)17-22-9-16(21)19(24-17)28-2/h3-10,17,22H,1-2H3. The molecule has 10 heteroatoms. The van der Waals surface area contributed by atoms with E-state index >= 15 is 0 Å². The van der Waals surface area contributed by atoms with Crippen molar-refractivity contribution < 1.29 is 17.2 Å². The molecule has 0 aliphatic carbocycles. The summed E-state index contributed by atoms with van der Waals surface area (Å²) in [5.41, 5.74) is 1.36. The van der Waals surface area contributed by atoms with E-state index < -0.39 is 27.8 Å². The zero-order valence-electron chi connectivity index (χ0n) is 15.4. The zero-order chi connectivity index (χ0) is 20.8. The summed E-state index contributed by atoms with van der Waals surface area (Å²) in [6, 6.07) is 7.58. The molecule has 0 saturated carbocycles. The Balaban J connectivity index is 1.92. The highest BCUT2D eigenvalue weighted by Gasteiger charge is 2.27. The average molecular weight is 434 g/mol. The van der Waals surface area contributed by atoms with Gasteiger partial charge >= 0.3 is 0 Å². The van der Waals surface area contributed by atoms with E-state index in [9.17, 15) is 17.2 Å². The first-order chi connectivity index (χ1) is 13.8. The van der Waals surface area contributed by atoms with Crippen LogP contribution in [0.25, 0.3) is 11.0 Å². The third-order valence-electron chi connectivity index (χ3n) is 4.49. The Morgan fingerprint density at radius 2 is 1.93 bits per heavy atom. The number of aromatic nitrogens is 2. The van der Waals surface area contributed by atoms with Gasteiger partial charge in [0.15, 0.2) is 11.5 Å². The van der Waals surface area contributed by atoms with Crippen molar-refractivity contribution in [2.75, 3.05) is 6.26 Å². The number of hydrogen-bond acceptors (Lipinski definition) is 6. The highest BCUT2D eigenvalue weighted by atomic mass is 32.2. The number of aryl methyl sites for hydroxylation is 1. The molecule has 1 aromatic carbocycles. The predicted octanol–water partition coefficient (Wildman–Crippen LogP) is 3.90. The van der Waals surface area contributed by atoms with Gasteiger partial charge in [-0.3, -0.25) is 0 Å². The summed E-state index contributed by atoms with van der Waals surface area (Å²) < 4.78 is 55.2. The molecule has 0 radical (unpaired) electrons. The van der Waals surface area contributed by atoms with Crippen LogP contribution < -0.4 is 5.32 Å². The fourth-order valence-corrected chi connectivity index (χ4v) is 4.84. The molecule has 1 aliphatic heterocycles. The molecule has 0 bridgehead atoms. The minimum Gasteiger partial charge on any atom is -0.363 e. The third-order valence-corrected chi connectivity index (χ3v) is 6.84. The van der Waals surface area contributed by atoms with Gasteiger partial charge in [0, 0.05) is 23.3 Å². The maximum atomic E-state index is 13.9. The van der Waals surface area contributed by atoms with Crippen LogP contribution in [-0.4, -0.2) is 28.7 Å². The number of halogens is 2. The van der Waals surface area contributed by atoms with Gasteiger partial charge in [0.2, 0.25) is 0 Å². The van der Waals surface area contributed by atoms with Gasteiger partial charge in [0.1, 0.15) is 17.0 Å². The van der Waals surface area contributed by atoms with Gasteiger partial charge in [-0.1, -0.05) is 17.7 Å². The van der Waals surface area contributed by atoms with E-state index in [0.717, 1.165) is 33.7 Å². The lowest BCUT2D eigenvalue weighted by atomic mass is 10.1. The summed E-state index contributed by atoms with van der Waals surface area (Å²) in [6.07, 6.45) is 4.37. The number of rotatable bonds is 3. The Labute approximate surface area is 170 Å². The van der Waals surface area contributed by atoms with E-state index in [4.69, 9.17) is 0 Å². The quantitative estimate of drug-likeness (QED) is 0.677. The molecule has 1 N–H and O–H groups in total. The van der Waals surface area contributed by atoms with Crippen molar-refractivity contribution >= 4 is 37.9 Å². The summed E-state index contributed by atoms with van der Waals surface area (Å²) in [5, 5.41) is 3.22. The Hall–Kier alpha value is -2.72. The van der Waals surface area contributed by atoms with Gasteiger partial charge in [-0.2, -0.15) is 0 Å². The van der Waals surface area contributed by atoms with E-state index in [0.29, 0.717) is 5.56 Å². The number of hydrogen-bond donors (Lipinski definition) is 1. The first-order valence-electron chi connectivity index (χ1n) is 8.54. The van der Waals surface area contributed by atoms with Crippen molar-refractivity contribution in [3.8, 4) is 0 Å². The van der Waals surface area contributed by atoms with Crippen LogP contribution in [0.5, 0.6) is 0 Å². The number of benzene rings is 1. The van der Waals surface area contributed by atoms with Crippen LogP contribution in [0.15, 0.2) is 64.6 Å². The molecule has 0 spiro atoms. The lowest BCUT2D eigenvalue weighted by Crippen LogP contribution is -2.20. The van der Waals surface area contributed by atoms with Crippen molar-refractivity contribution in [1.29, 1.82) is 0 Å². The van der Waals surface area contributed by atoms with Gasteiger partial charge in [-0.25, -0.2) is 31.1 Å². The minimum atomic E-state index is -3.98. The van der Waals surface area contributed by atoms with Gasteiger partial charge in [-0.15, -0.1) is 11.8 Å². The van der Waals surface area contributed by atoms with E-state index in [1.54, 1.807) is 18.4 Å². The first-order valence-corrected chi connectivity index (χ1v) is 11.2. The second-order valence-electron chi connectivity index (χ2n) is 6.42. The number of nitrogens with zero attached hydrogens (tertiary/aromatic N) is 3. The largest absolute Gasteiger partial charge is 0.363 e. The van der Waals surface area contributed by atoms with Crippen molar-refractivity contribution in [3.05, 3.63) is 71.7 Å². The molecule has 150 valence electrons. The van der Waals surface area contributed by atoms with E-state index in [2.05, 4.69) is 15.3 Å². The van der Waals surface area contributed by atoms with Crippen molar-refractivity contribution in [3.63, 3.8) is 0 Å². The van der Waals surface area contributed by atoms with E-state index in [-0.39, 0.29) is 21.0 Å². The predicted molar refractivity (Wildman–Crippen MR) is 109 cm³/mol. The SMILES string of the molecule is CSC1=NC(c2cn(S(=O)(=O)c3ccc(C)cc3)c3ncc(F)cc23)NC=C1F. The maximum Gasteiger partial charge on any atom is 0.269 e. The van der Waals surface area contributed by atoms with Crippen molar-refractivity contribution in [2.24, 2.45) is 4.99 Å². The van der Waals surface area contributed by atoms with Crippen LogP contribution in [0, 0.1) is 12.7 Å². The average Bonchev–Trinajstić information content (AvgIpc) is 3.08. The molecule has 2 aromatic heterocycles. The Bertz CT molecular complexity index is 1270. The van der Waals surface area contributed by atoms with E-state index in [1.807, 2.05) is 6.92 Å². The second kappa shape index (κ2) is 7.27. The molecular weight excluding hydrogens is 418 g/mol. The van der Waals surface area contributed by atoms with Gasteiger partial charge < -0.3 is 5.32 Å².